The maximum atomic E-state index is 10.5. The summed E-state index contributed by atoms with van der Waals surface area (Å²) in [6.45, 7) is 2.06. The number of hydrogen-bond donors (Lipinski definition) is 0. The molecule has 1 aromatic rings. The van der Waals surface area contributed by atoms with E-state index < -0.39 is 4.92 Å². The van der Waals surface area contributed by atoms with Crippen LogP contribution in [-0.2, 0) is 6.54 Å². The first-order valence-electron chi connectivity index (χ1n) is 5.52. The molecule has 0 spiro atoms. The highest BCUT2D eigenvalue weighted by atomic mass is 16.6. The van der Waals surface area contributed by atoms with Crippen molar-refractivity contribution in [2.24, 2.45) is 0 Å². The SMILES string of the molecule is C#CCN1C=CN(Cc2ccc([N+](=O)[O-])cc2)C1. The van der Waals surface area contributed by atoms with E-state index in [1.165, 1.54) is 12.1 Å². The Morgan fingerprint density at radius 3 is 2.56 bits per heavy atom. The fraction of sp³-hybridized carbons (Fsp3) is 0.231. The summed E-state index contributed by atoms with van der Waals surface area (Å²) in [6, 6.07) is 6.59. The van der Waals surface area contributed by atoms with Gasteiger partial charge in [-0.1, -0.05) is 18.1 Å². The Kier molecular flexibility index (Phi) is 3.49. The summed E-state index contributed by atoms with van der Waals surface area (Å²) in [7, 11) is 0. The fourth-order valence-electron chi connectivity index (χ4n) is 1.80. The lowest BCUT2D eigenvalue weighted by atomic mass is 10.2. The molecule has 0 aliphatic carbocycles. The second-order valence-electron chi connectivity index (χ2n) is 4.06. The number of nitro benzene ring substituents is 1. The van der Waals surface area contributed by atoms with Gasteiger partial charge in [0.25, 0.3) is 5.69 Å². The Hall–Kier alpha value is -2.48. The third-order valence-electron chi connectivity index (χ3n) is 2.68. The lowest BCUT2D eigenvalue weighted by Crippen LogP contribution is -2.25. The minimum absolute atomic E-state index is 0.115. The van der Waals surface area contributed by atoms with Gasteiger partial charge in [0.05, 0.1) is 18.1 Å². The molecular weight excluding hydrogens is 230 g/mol. The number of terminal acetylenes is 1. The van der Waals surface area contributed by atoms with Crippen molar-refractivity contribution in [1.29, 1.82) is 0 Å². The number of nitro groups is 1. The van der Waals surface area contributed by atoms with Crippen molar-refractivity contribution >= 4 is 5.69 Å². The van der Waals surface area contributed by atoms with Crippen LogP contribution < -0.4 is 0 Å². The Morgan fingerprint density at radius 1 is 1.28 bits per heavy atom. The second-order valence-corrected chi connectivity index (χ2v) is 4.06. The maximum absolute atomic E-state index is 10.5. The van der Waals surface area contributed by atoms with Crippen molar-refractivity contribution in [2.75, 3.05) is 13.2 Å². The van der Waals surface area contributed by atoms with Crippen LogP contribution in [0, 0.1) is 22.5 Å². The molecule has 0 atom stereocenters. The second kappa shape index (κ2) is 5.23. The van der Waals surface area contributed by atoms with E-state index in [4.69, 9.17) is 6.42 Å². The first-order valence-corrected chi connectivity index (χ1v) is 5.52. The third-order valence-corrected chi connectivity index (χ3v) is 2.68. The molecule has 0 saturated carbocycles. The summed E-state index contributed by atoms with van der Waals surface area (Å²) in [4.78, 5) is 14.3. The Balaban J connectivity index is 1.93. The van der Waals surface area contributed by atoms with Crippen LogP contribution in [0.5, 0.6) is 0 Å². The lowest BCUT2D eigenvalue weighted by Gasteiger charge is -2.19. The average Bonchev–Trinajstić information content (AvgIpc) is 2.78. The van der Waals surface area contributed by atoms with Crippen molar-refractivity contribution in [2.45, 2.75) is 6.54 Å². The van der Waals surface area contributed by atoms with Gasteiger partial charge in [0, 0.05) is 31.1 Å². The fourth-order valence-corrected chi connectivity index (χ4v) is 1.80. The van der Waals surface area contributed by atoms with Crippen LogP contribution in [0.2, 0.25) is 0 Å². The highest BCUT2D eigenvalue weighted by Gasteiger charge is 2.12. The molecule has 1 aliphatic rings. The van der Waals surface area contributed by atoms with Gasteiger partial charge in [-0.25, -0.2) is 0 Å². The van der Waals surface area contributed by atoms with E-state index in [0.717, 1.165) is 18.8 Å². The molecule has 0 radical (unpaired) electrons. The number of nitrogens with zero attached hydrogens (tertiary/aromatic N) is 3. The highest BCUT2D eigenvalue weighted by Crippen LogP contribution is 2.15. The van der Waals surface area contributed by atoms with Crippen molar-refractivity contribution in [3.05, 3.63) is 52.3 Å². The van der Waals surface area contributed by atoms with Gasteiger partial charge in [0.1, 0.15) is 0 Å². The molecule has 5 heteroatoms. The van der Waals surface area contributed by atoms with Crippen LogP contribution in [0.1, 0.15) is 5.56 Å². The zero-order valence-corrected chi connectivity index (χ0v) is 9.82. The Bertz CT molecular complexity index is 502. The van der Waals surface area contributed by atoms with E-state index in [9.17, 15) is 10.1 Å². The van der Waals surface area contributed by atoms with Crippen molar-refractivity contribution in [1.82, 2.24) is 9.80 Å². The highest BCUT2D eigenvalue weighted by molar-refractivity contribution is 5.32. The first-order chi connectivity index (χ1) is 8.69. The Morgan fingerprint density at radius 2 is 1.94 bits per heavy atom. The molecule has 0 fully saturated rings. The van der Waals surface area contributed by atoms with E-state index in [1.807, 2.05) is 17.3 Å². The molecule has 1 aliphatic heterocycles. The predicted molar refractivity (Wildman–Crippen MR) is 68.2 cm³/mol. The number of non-ortho nitro benzene ring substituents is 1. The smallest absolute Gasteiger partial charge is 0.269 e. The third kappa shape index (κ3) is 2.80. The van der Waals surface area contributed by atoms with Crippen molar-refractivity contribution in [3.8, 4) is 12.3 Å². The summed E-state index contributed by atoms with van der Waals surface area (Å²) in [5.74, 6) is 2.59. The van der Waals surface area contributed by atoms with Crippen LogP contribution >= 0.6 is 0 Å². The molecule has 0 N–H and O–H groups in total. The number of rotatable bonds is 4. The monoisotopic (exact) mass is 243 g/mol. The predicted octanol–water partition coefficient (Wildman–Crippen LogP) is 1.77. The van der Waals surface area contributed by atoms with Gasteiger partial charge in [0.15, 0.2) is 0 Å². The average molecular weight is 243 g/mol. The molecule has 2 rings (SSSR count). The molecule has 0 saturated heterocycles. The van der Waals surface area contributed by atoms with Crippen molar-refractivity contribution in [3.63, 3.8) is 0 Å². The van der Waals surface area contributed by atoms with Gasteiger partial charge < -0.3 is 9.80 Å². The van der Waals surface area contributed by atoms with Crippen LogP contribution in [-0.4, -0.2) is 27.9 Å². The van der Waals surface area contributed by atoms with Gasteiger partial charge in [0.2, 0.25) is 0 Å². The first kappa shape index (κ1) is 12.0. The Labute approximate surface area is 105 Å². The van der Waals surface area contributed by atoms with Gasteiger partial charge in [-0.15, -0.1) is 6.42 Å². The molecule has 18 heavy (non-hydrogen) atoms. The largest absolute Gasteiger partial charge is 0.354 e. The minimum Gasteiger partial charge on any atom is -0.354 e. The molecule has 1 aromatic carbocycles. The number of benzene rings is 1. The maximum Gasteiger partial charge on any atom is 0.269 e. The van der Waals surface area contributed by atoms with Crippen molar-refractivity contribution < 1.29 is 4.92 Å². The molecule has 92 valence electrons. The van der Waals surface area contributed by atoms with Gasteiger partial charge in [-0.2, -0.15) is 0 Å². The van der Waals surface area contributed by atoms with E-state index in [-0.39, 0.29) is 5.69 Å². The summed E-state index contributed by atoms with van der Waals surface area (Å²) < 4.78 is 0. The molecule has 0 bridgehead atoms. The van der Waals surface area contributed by atoms with E-state index in [1.54, 1.807) is 12.1 Å². The van der Waals surface area contributed by atoms with Crippen LogP contribution in [0.25, 0.3) is 0 Å². The summed E-state index contributed by atoms with van der Waals surface area (Å²) in [6.07, 6.45) is 9.16. The zero-order valence-electron chi connectivity index (χ0n) is 9.82. The van der Waals surface area contributed by atoms with Gasteiger partial charge in [-0.3, -0.25) is 10.1 Å². The quantitative estimate of drug-likeness (QED) is 0.459. The normalized spacial score (nSPS) is 13.7. The van der Waals surface area contributed by atoms with Gasteiger partial charge in [-0.05, 0) is 5.56 Å². The van der Waals surface area contributed by atoms with Crippen LogP contribution in [0.3, 0.4) is 0 Å². The van der Waals surface area contributed by atoms with Crippen LogP contribution in [0.15, 0.2) is 36.7 Å². The topological polar surface area (TPSA) is 49.6 Å². The number of hydrogen-bond acceptors (Lipinski definition) is 4. The van der Waals surface area contributed by atoms with Crippen LogP contribution in [0.4, 0.5) is 5.69 Å². The van der Waals surface area contributed by atoms with E-state index in [0.29, 0.717) is 6.54 Å². The molecule has 0 aromatic heterocycles. The summed E-state index contributed by atoms with van der Waals surface area (Å²) in [5.41, 5.74) is 1.15. The summed E-state index contributed by atoms with van der Waals surface area (Å²) in [5, 5.41) is 10.5. The van der Waals surface area contributed by atoms with E-state index in [2.05, 4.69) is 10.8 Å². The molecule has 0 amide bonds. The summed E-state index contributed by atoms with van der Waals surface area (Å²) >= 11 is 0. The molecular formula is C13H13N3O2. The lowest BCUT2D eigenvalue weighted by molar-refractivity contribution is -0.384. The van der Waals surface area contributed by atoms with Gasteiger partial charge >= 0.3 is 0 Å². The molecule has 1 heterocycles. The van der Waals surface area contributed by atoms with E-state index >= 15 is 0 Å². The minimum atomic E-state index is -0.395. The zero-order chi connectivity index (χ0) is 13.0. The molecule has 5 nitrogen and oxygen atoms in total. The molecule has 0 unspecified atom stereocenters. The standard InChI is InChI=1S/C13H13N3O2/c1-2-7-14-8-9-15(11-14)10-12-3-5-13(6-4-12)16(17)18/h1,3-6,8-9H,7,10-11H2.